The molecule has 1 aliphatic carbocycles. The maximum Gasteiger partial charge on any atom is 0.0450 e. The van der Waals surface area contributed by atoms with Crippen LogP contribution in [0.2, 0.25) is 0 Å². The number of allylic oxidation sites excluding steroid dienone is 2. The van der Waals surface area contributed by atoms with E-state index >= 15 is 0 Å². The molecule has 2 rings (SSSR count). The van der Waals surface area contributed by atoms with Crippen molar-refractivity contribution in [2.24, 2.45) is 0 Å². The molecule has 1 nitrogen and oxygen atoms in total. The van der Waals surface area contributed by atoms with Crippen molar-refractivity contribution in [3.05, 3.63) is 40.7 Å². The molecule has 0 atom stereocenters. The Labute approximate surface area is 106 Å². The zero-order valence-corrected chi connectivity index (χ0v) is 12.0. The van der Waals surface area contributed by atoms with Crippen molar-refractivity contribution in [3.63, 3.8) is 0 Å². The van der Waals surface area contributed by atoms with Crippen LogP contribution < -0.4 is 0 Å². The highest BCUT2D eigenvalue weighted by atomic mass is 14.7. The summed E-state index contributed by atoms with van der Waals surface area (Å²) >= 11 is 0. The second-order valence-corrected chi connectivity index (χ2v) is 3.50. The molecule has 0 unspecified atom stereocenters. The lowest BCUT2D eigenvalue weighted by molar-refractivity contribution is 1.18. The average molecular weight is 231 g/mol. The van der Waals surface area contributed by atoms with Gasteiger partial charge in [-0.25, -0.2) is 0 Å². The lowest BCUT2D eigenvalue weighted by atomic mass is 10.1. The third-order valence-electron chi connectivity index (χ3n) is 2.35. The number of fused-ring (bicyclic) bond motifs is 1. The summed E-state index contributed by atoms with van der Waals surface area (Å²) in [6, 6.07) is 2.07. The van der Waals surface area contributed by atoms with Gasteiger partial charge in [0.2, 0.25) is 0 Å². The van der Waals surface area contributed by atoms with Crippen LogP contribution in [0.4, 0.5) is 0 Å². The van der Waals surface area contributed by atoms with Gasteiger partial charge < -0.3 is 0 Å². The molecule has 1 aliphatic rings. The van der Waals surface area contributed by atoms with Crippen molar-refractivity contribution in [1.29, 1.82) is 0 Å². The van der Waals surface area contributed by atoms with Gasteiger partial charge in [0.1, 0.15) is 0 Å². The van der Waals surface area contributed by atoms with E-state index in [2.05, 4.69) is 43.1 Å². The Kier molecular flexibility index (Phi) is 8.04. The molecular weight excluding hydrogens is 206 g/mol. The molecule has 0 saturated carbocycles. The first-order valence-corrected chi connectivity index (χ1v) is 6.56. The number of hydrogen-bond acceptors (Lipinski definition) is 1. The Hall–Kier alpha value is -1.37. The molecule has 0 aromatic carbocycles. The molecule has 94 valence electrons. The number of pyridine rings is 1. The predicted octanol–water partition coefficient (Wildman–Crippen LogP) is 5.26. The number of rotatable bonds is 0. The normalized spacial score (nSPS) is 12.0. The van der Waals surface area contributed by atoms with Crippen molar-refractivity contribution in [2.45, 2.75) is 48.0 Å². The van der Waals surface area contributed by atoms with Gasteiger partial charge in [0.05, 0.1) is 0 Å². The first-order valence-electron chi connectivity index (χ1n) is 6.56. The minimum Gasteiger partial charge on any atom is -0.261 e. The van der Waals surface area contributed by atoms with Gasteiger partial charge in [-0.3, -0.25) is 4.98 Å². The Morgan fingerprint density at radius 1 is 1.06 bits per heavy atom. The molecule has 1 heteroatoms. The van der Waals surface area contributed by atoms with Crippen LogP contribution in [0.5, 0.6) is 0 Å². The highest BCUT2D eigenvalue weighted by Gasteiger charge is 2.04. The monoisotopic (exact) mass is 231 g/mol. The molecule has 0 bridgehead atoms. The molecule has 17 heavy (non-hydrogen) atoms. The van der Waals surface area contributed by atoms with Gasteiger partial charge in [-0.05, 0) is 31.9 Å². The van der Waals surface area contributed by atoms with E-state index in [1.54, 1.807) is 0 Å². The first-order chi connectivity index (χ1) is 8.27. The molecule has 0 N–H and O–H groups in total. The summed E-state index contributed by atoms with van der Waals surface area (Å²) in [6.07, 6.45) is 9.53. The first kappa shape index (κ1) is 15.6. The van der Waals surface area contributed by atoms with Crippen LogP contribution in [-0.2, 0) is 0 Å². The molecule has 0 fully saturated rings. The third kappa shape index (κ3) is 4.56. The largest absolute Gasteiger partial charge is 0.261 e. The number of aromatic nitrogens is 1. The summed E-state index contributed by atoms with van der Waals surface area (Å²) in [5.41, 5.74) is 5.07. The smallest absolute Gasteiger partial charge is 0.0450 e. The van der Waals surface area contributed by atoms with Crippen LogP contribution in [0.15, 0.2) is 23.9 Å². The second kappa shape index (κ2) is 8.74. The molecule has 0 saturated heterocycles. The molecule has 0 spiro atoms. The second-order valence-electron chi connectivity index (χ2n) is 3.50. The van der Waals surface area contributed by atoms with Gasteiger partial charge in [0.15, 0.2) is 0 Å². The van der Waals surface area contributed by atoms with Crippen LogP contribution in [0.25, 0.3) is 12.2 Å². The maximum absolute atomic E-state index is 4.28. The lowest BCUT2D eigenvalue weighted by Gasteiger charge is -2.02. The highest BCUT2D eigenvalue weighted by Crippen LogP contribution is 2.22. The van der Waals surface area contributed by atoms with Gasteiger partial charge in [-0.1, -0.05) is 51.5 Å². The Balaban J connectivity index is 0.000000581. The summed E-state index contributed by atoms with van der Waals surface area (Å²) in [4.78, 5) is 4.28. The number of nitrogens with zero attached hydrogens (tertiary/aromatic N) is 1. The van der Waals surface area contributed by atoms with Gasteiger partial charge in [-0.2, -0.15) is 0 Å². The Morgan fingerprint density at radius 3 is 2.35 bits per heavy atom. The minimum absolute atomic E-state index is 1.05. The summed E-state index contributed by atoms with van der Waals surface area (Å²) in [5.74, 6) is 0. The average Bonchev–Trinajstić information content (AvgIpc) is 2.56. The quantitative estimate of drug-likeness (QED) is 0.593. The molecule has 1 heterocycles. The Morgan fingerprint density at radius 2 is 1.71 bits per heavy atom. The van der Waals surface area contributed by atoms with Gasteiger partial charge in [-0.15, -0.1) is 0 Å². The maximum atomic E-state index is 4.28. The van der Waals surface area contributed by atoms with Crippen molar-refractivity contribution in [2.75, 3.05) is 0 Å². The lowest BCUT2D eigenvalue weighted by Crippen LogP contribution is -1.88. The van der Waals surface area contributed by atoms with Gasteiger partial charge in [0.25, 0.3) is 0 Å². The van der Waals surface area contributed by atoms with Crippen LogP contribution >= 0.6 is 0 Å². The standard InChI is InChI=1S/C12H13N.2C2H6/c1-9-4-3-5-12-10(2)13-7-6-11(12)8-9;2*1-2/h3,5-8H,4H2,1-2H3;2*1-2H3. The molecule has 1 aromatic rings. The minimum atomic E-state index is 1.05. The SMILES string of the molecule is CC.CC.CC1=Cc2ccnc(C)c2C=CC1. The molecule has 0 radical (unpaired) electrons. The number of hydrogen-bond donors (Lipinski definition) is 0. The van der Waals surface area contributed by atoms with E-state index in [1.165, 1.54) is 16.7 Å². The third-order valence-corrected chi connectivity index (χ3v) is 2.35. The van der Waals surface area contributed by atoms with Crippen molar-refractivity contribution in [1.82, 2.24) is 4.98 Å². The zero-order chi connectivity index (χ0) is 13.3. The van der Waals surface area contributed by atoms with Crippen molar-refractivity contribution >= 4 is 12.2 Å². The van der Waals surface area contributed by atoms with Crippen LogP contribution in [0, 0.1) is 6.92 Å². The van der Waals surface area contributed by atoms with E-state index in [1.807, 2.05) is 33.9 Å². The number of aryl methyl sites for hydroxylation is 1. The van der Waals surface area contributed by atoms with E-state index in [9.17, 15) is 0 Å². The predicted molar refractivity (Wildman–Crippen MR) is 79.0 cm³/mol. The fraction of sp³-hybridized carbons (Fsp3) is 0.438. The summed E-state index contributed by atoms with van der Waals surface area (Å²) < 4.78 is 0. The molecule has 0 amide bonds. The van der Waals surface area contributed by atoms with E-state index in [0.717, 1.165) is 12.1 Å². The topological polar surface area (TPSA) is 12.9 Å². The van der Waals surface area contributed by atoms with Gasteiger partial charge >= 0.3 is 0 Å². The van der Waals surface area contributed by atoms with Crippen molar-refractivity contribution in [3.8, 4) is 0 Å². The van der Waals surface area contributed by atoms with Crippen LogP contribution in [-0.4, -0.2) is 4.98 Å². The highest BCUT2D eigenvalue weighted by molar-refractivity contribution is 5.69. The van der Waals surface area contributed by atoms with Crippen molar-refractivity contribution < 1.29 is 0 Å². The fourth-order valence-electron chi connectivity index (χ4n) is 1.63. The molecule has 1 aromatic heterocycles. The van der Waals surface area contributed by atoms with Crippen LogP contribution in [0.3, 0.4) is 0 Å². The van der Waals surface area contributed by atoms with E-state index < -0.39 is 0 Å². The van der Waals surface area contributed by atoms with Crippen LogP contribution in [0.1, 0.15) is 57.9 Å². The molecular formula is C16H25N. The van der Waals surface area contributed by atoms with Gasteiger partial charge in [0, 0.05) is 17.5 Å². The summed E-state index contributed by atoms with van der Waals surface area (Å²) in [6.45, 7) is 12.2. The summed E-state index contributed by atoms with van der Waals surface area (Å²) in [7, 11) is 0. The zero-order valence-electron chi connectivity index (χ0n) is 12.0. The fourth-order valence-corrected chi connectivity index (χ4v) is 1.63. The van der Waals surface area contributed by atoms with E-state index in [4.69, 9.17) is 0 Å². The Bertz CT molecular complexity index is 387. The van der Waals surface area contributed by atoms with E-state index in [-0.39, 0.29) is 0 Å². The molecule has 0 aliphatic heterocycles. The van der Waals surface area contributed by atoms with E-state index in [0.29, 0.717) is 0 Å². The summed E-state index contributed by atoms with van der Waals surface area (Å²) in [5, 5.41) is 0.